The third-order valence-corrected chi connectivity index (χ3v) is 2.76. The van der Waals surface area contributed by atoms with Crippen LogP contribution in [0.15, 0.2) is 36.5 Å². The maximum atomic E-state index is 13.4. The molecule has 0 aliphatic heterocycles. The van der Waals surface area contributed by atoms with Crippen molar-refractivity contribution >= 4 is 23.0 Å². The predicted molar refractivity (Wildman–Crippen MR) is 73.8 cm³/mol. The van der Waals surface area contributed by atoms with Gasteiger partial charge in [0.1, 0.15) is 22.4 Å². The molecule has 0 bridgehead atoms. The van der Waals surface area contributed by atoms with Gasteiger partial charge in [-0.25, -0.2) is 13.8 Å². The molecule has 6 heteroatoms. The first kappa shape index (κ1) is 13.4. The number of hydrogen-bond donors (Lipinski definition) is 2. The molecule has 0 radical (unpaired) electrons. The number of thiocarbonyl (C=S) groups is 1. The van der Waals surface area contributed by atoms with Crippen LogP contribution < -0.4 is 11.1 Å². The molecule has 3 N–H and O–H groups in total. The number of aromatic nitrogens is 1. The van der Waals surface area contributed by atoms with E-state index in [1.807, 2.05) is 0 Å². The number of halogens is 2. The van der Waals surface area contributed by atoms with Gasteiger partial charge in [-0.05, 0) is 18.2 Å². The van der Waals surface area contributed by atoms with E-state index in [1.165, 1.54) is 18.3 Å². The Morgan fingerprint density at radius 2 is 2.05 bits per heavy atom. The van der Waals surface area contributed by atoms with E-state index in [1.54, 1.807) is 12.1 Å². The van der Waals surface area contributed by atoms with E-state index >= 15 is 0 Å². The highest BCUT2D eigenvalue weighted by Gasteiger charge is 2.04. The molecule has 0 aliphatic carbocycles. The molecule has 0 fully saturated rings. The molecule has 0 aliphatic rings. The molecule has 1 aromatic heterocycles. The fourth-order valence-corrected chi connectivity index (χ4v) is 1.62. The van der Waals surface area contributed by atoms with Gasteiger partial charge in [0.2, 0.25) is 0 Å². The van der Waals surface area contributed by atoms with Crippen molar-refractivity contribution < 1.29 is 8.78 Å². The van der Waals surface area contributed by atoms with Crippen LogP contribution in [0.3, 0.4) is 0 Å². The van der Waals surface area contributed by atoms with Gasteiger partial charge >= 0.3 is 0 Å². The summed E-state index contributed by atoms with van der Waals surface area (Å²) in [5, 5.41) is 2.93. The maximum Gasteiger partial charge on any atom is 0.131 e. The number of hydrogen-bond acceptors (Lipinski definition) is 3. The van der Waals surface area contributed by atoms with Crippen LogP contribution in [-0.4, -0.2) is 9.97 Å². The number of nitrogens with two attached hydrogens (primary N) is 1. The number of pyridine rings is 1. The van der Waals surface area contributed by atoms with Gasteiger partial charge in [0, 0.05) is 29.9 Å². The number of rotatable bonds is 4. The third kappa shape index (κ3) is 3.45. The zero-order valence-corrected chi connectivity index (χ0v) is 10.7. The molecule has 0 saturated heterocycles. The molecule has 0 unspecified atom stereocenters. The van der Waals surface area contributed by atoms with Crippen molar-refractivity contribution in [3.63, 3.8) is 0 Å². The van der Waals surface area contributed by atoms with Crippen LogP contribution in [0.1, 0.15) is 11.1 Å². The highest BCUT2D eigenvalue weighted by Crippen LogP contribution is 2.12. The van der Waals surface area contributed by atoms with Gasteiger partial charge in [-0.2, -0.15) is 0 Å². The maximum absolute atomic E-state index is 13.4. The Bertz CT molecular complexity index is 599. The van der Waals surface area contributed by atoms with Crippen LogP contribution in [0.25, 0.3) is 0 Å². The molecule has 19 heavy (non-hydrogen) atoms. The van der Waals surface area contributed by atoms with E-state index in [-0.39, 0.29) is 11.5 Å². The normalized spacial score (nSPS) is 10.2. The Kier molecular flexibility index (Phi) is 4.01. The second kappa shape index (κ2) is 5.71. The van der Waals surface area contributed by atoms with Gasteiger partial charge in [0.15, 0.2) is 0 Å². The zero-order chi connectivity index (χ0) is 13.8. The lowest BCUT2D eigenvalue weighted by Crippen LogP contribution is -2.10. The number of nitrogens with zero attached hydrogens (tertiary/aromatic N) is 1. The van der Waals surface area contributed by atoms with E-state index < -0.39 is 11.6 Å². The van der Waals surface area contributed by atoms with Crippen LogP contribution in [0, 0.1) is 11.6 Å². The minimum absolute atomic E-state index is 0.214. The molecule has 2 aromatic rings. The van der Waals surface area contributed by atoms with E-state index in [0.29, 0.717) is 16.9 Å². The molecule has 0 saturated carbocycles. The summed E-state index contributed by atoms with van der Waals surface area (Å²) in [5.41, 5.74) is 6.47. The van der Waals surface area contributed by atoms with Crippen LogP contribution in [0.5, 0.6) is 0 Å². The molecule has 2 rings (SSSR count). The molecule has 3 nitrogen and oxygen atoms in total. The van der Waals surface area contributed by atoms with Crippen LogP contribution in [-0.2, 0) is 6.54 Å². The summed E-state index contributed by atoms with van der Waals surface area (Å²) >= 11 is 4.81. The first-order chi connectivity index (χ1) is 9.06. The first-order valence-corrected chi connectivity index (χ1v) is 5.91. The first-order valence-electron chi connectivity index (χ1n) is 5.50. The predicted octanol–water partition coefficient (Wildman–Crippen LogP) is 2.61. The summed E-state index contributed by atoms with van der Waals surface area (Å²) in [7, 11) is 0. The van der Waals surface area contributed by atoms with Gasteiger partial charge in [0.25, 0.3) is 0 Å². The van der Waals surface area contributed by atoms with Crippen molar-refractivity contribution in [2.75, 3.05) is 5.32 Å². The van der Waals surface area contributed by atoms with Crippen molar-refractivity contribution in [3.8, 4) is 0 Å². The Morgan fingerprint density at radius 1 is 1.26 bits per heavy atom. The van der Waals surface area contributed by atoms with Gasteiger partial charge < -0.3 is 11.1 Å². The topological polar surface area (TPSA) is 50.9 Å². The minimum Gasteiger partial charge on any atom is -0.389 e. The van der Waals surface area contributed by atoms with Crippen LogP contribution in [0.2, 0.25) is 0 Å². The van der Waals surface area contributed by atoms with E-state index in [0.717, 1.165) is 6.07 Å². The quantitative estimate of drug-likeness (QED) is 0.845. The average molecular weight is 279 g/mol. The van der Waals surface area contributed by atoms with Crippen molar-refractivity contribution in [1.29, 1.82) is 0 Å². The number of nitrogens with one attached hydrogen (secondary N) is 1. The molecule has 1 aromatic carbocycles. The summed E-state index contributed by atoms with van der Waals surface area (Å²) in [6.45, 7) is 0.214. The van der Waals surface area contributed by atoms with Crippen molar-refractivity contribution in [2.24, 2.45) is 5.73 Å². The Morgan fingerprint density at radius 3 is 2.63 bits per heavy atom. The average Bonchev–Trinajstić information content (AvgIpc) is 2.38. The Labute approximate surface area is 114 Å². The van der Waals surface area contributed by atoms with Gasteiger partial charge in [-0.15, -0.1) is 0 Å². The molecule has 0 atom stereocenters. The van der Waals surface area contributed by atoms with E-state index in [2.05, 4.69) is 10.3 Å². The second-order valence-electron chi connectivity index (χ2n) is 3.89. The zero-order valence-electron chi connectivity index (χ0n) is 9.86. The summed E-state index contributed by atoms with van der Waals surface area (Å²) < 4.78 is 26.1. The van der Waals surface area contributed by atoms with Crippen LogP contribution in [0.4, 0.5) is 14.6 Å². The minimum atomic E-state index is -0.597. The van der Waals surface area contributed by atoms with Crippen molar-refractivity contribution in [3.05, 3.63) is 59.3 Å². The fraction of sp³-hybridized carbons (Fsp3) is 0.0769. The van der Waals surface area contributed by atoms with Gasteiger partial charge in [0.05, 0.1) is 0 Å². The lowest BCUT2D eigenvalue weighted by Gasteiger charge is -2.07. The second-order valence-corrected chi connectivity index (χ2v) is 4.33. The smallest absolute Gasteiger partial charge is 0.131 e. The SMILES string of the molecule is NC(=S)c1ccc(NCc2ccc(F)cc2F)nc1. The fourth-order valence-electron chi connectivity index (χ4n) is 1.50. The molecular formula is C13H11F2N3S. The van der Waals surface area contributed by atoms with E-state index in [4.69, 9.17) is 18.0 Å². The molecule has 0 amide bonds. The van der Waals surface area contributed by atoms with Crippen molar-refractivity contribution in [2.45, 2.75) is 6.54 Å². The summed E-state index contributed by atoms with van der Waals surface area (Å²) in [6.07, 6.45) is 1.53. The molecule has 0 spiro atoms. The monoisotopic (exact) mass is 279 g/mol. The molecular weight excluding hydrogens is 268 g/mol. The summed E-state index contributed by atoms with van der Waals surface area (Å²) in [4.78, 5) is 4.35. The third-order valence-electron chi connectivity index (χ3n) is 2.52. The highest BCUT2D eigenvalue weighted by atomic mass is 32.1. The lowest BCUT2D eigenvalue weighted by atomic mass is 10.2. The lowest BCUT2D eigenvalue weighted by molar-refractivity contribution is 0.574. The van der Waals surface area contributed by atoms with E-state index in [9.17, 15) is 8.78 Å². The molecule has 1 heterocycles. The molecule has 98 valence electrons. The van der Waals surface area contributed by atoms with Crippen LogP contribution >= 0.6 is 12.2 Å². The van der Waals surface area contributed by atoms with Gasteiger partial charge in [-0.3, -0.25) is 0 Å². The van der Waals surface area contributed by atoms with Crippen molar-refractivity contribution in [1.82, 2.24) is 4.98 Å². The largest absolute Gasteiger partial charge is 0.389 e. The Hall–Kier alpha value is -2.08. The Balaban J connectivity index is 2.04. The standard InChI is InChI=1S/C13H11F2N3S/c14-10-3-1-8(11(15)5-10)6-17-12-4-2-9(7-18-12)13(16)19/h1-5,7H,6H2,(H2,16,19)(H,17,18). The number of benzene rings is 1. The summed E-state index contributed by atoms with van der Waals surface area (Å²) in [6, 6.07) is 6.86. The highest BCUT2D eigenvalue weighted by molar-refractivity contribution is 7.80. The number of anilines is 1. The summed E-state index contributed by atoms with van der Waals surface area (Å²) in [5.74, 6) is -0.629. The van der Waals surface area contributed by atoms with Gasteiger partial charge in [-0.1, -0.05) is 18.3 Å².